The Hall–Kier alpha value is -2.16. The molecule has 0 bridgehead atoms. The molecule has 0 spiro atoms. The van der Waals surface area contributed by atoms with Gasteiger partial charge in [-0.05, 0) is 25.2 Å². The van der Waals surface area contributed by atoms with Crippen LogP contribution >= 0.6 is 22.9 Å². The predicted octanol–water partition coefficient (Wildman–Crippen LogP) is 2.41. The molecule has 1 fully saturated rings. The first kappa shape index (κ1) is 19.2. The molecule has 0 radical (unpaired) electrons. The zero-order valence-electron chi connectivity index (χ0n) is 13.6. The van der Waals surface area contributed by atoms with E-state index < -0.39 is 11.9 Å². The summed E-state index contributed by atoms with van der Waals surface area (Å²) < 4.78 is 1.17. The molecule has 1 aromatic carbocycles. The van der Waals surface area contributed by atoms with E-state index in [1.807, 2.05) is 18.2 Å². The lowest BCUT2D eigenvalue weighted by Crippen LogP contribution is -2.44. The summed E-state index contributed by atoms with van der Waals surface area (Å²) in [5.41, 5.74) is 1.05. The van der Waals surface area contributed by atoms with Crippen LogP contribution in [0.25, 0.3) is 10.2 Å². The van der Waals surface area contributed by atoms with Crippen LogP contribution in [0.3, 0.4) is 0 Å². The van der Waals surface area contributed by atoms with Crippen molar-refractivity contribution >= 4 is 50.2 Å². The van der Waals surface area contributed by atoms with Crippen LogP contribution in [0, 0.1) is 0 Å². The number of nitrogens with zero attached hydrogens (tertiary/aromatic N) is 3. The van der Waals surface area contributed by atoms with E-state index in [2.05, 4.69) is 21.8 Å². The molecule has 1 aromatic heterocycles. The van der Waals surface area contributed by atoms with Crippen molar-refractivity contribution in [1.82, 2.24) is 9.88 Å². The summed E-state index contributed by atoms with van der Waals surface area (Å²) in [6.07, 6.45) is 1.12. The van der Waals surface area contributed by atoms with Crippen LogP contribution in [0.5, 0.6) is 0 Å². The highest BCUT2D eigenvalue weighted by Crippen LogP contribution is 2.30. The number of benzene rings is 1. The number of piperazine rings is 1. The molecule has 2 heterocycles. The Balaban J connectivity index is 0.000000242. The quantitative estimate of drug-likeness (QED) is 0.786. The molecular weight excluding hydrogens is 366 g/mol. The Morgan fingerprint density at radius 3 is 2.32 bits per heavy atom. The number of hydrogen-bond donors (Lipinski definition) is 2. The lowest BCUT2D eigenvalue weighted by Gasteiger charge is -2.31. The van der Waals surface area contributed by atoms with Gasteiger partial charge in [0, 0.05) is 43.4 Å². The number of aromatic nitrogens is 1. The lowest BCUT2D eigenvalue weighted by molar-refractivity contribution is -0.134. The van der Waals surface area contributed by atoms with Gasteiger partial charge in [-0.1, -0.05) is 22.9 Å². The number of rotatable bonds is 3. The molecule has 0 saturated carbocycles. The number of thiazole rings is 1. The summed E-state index contributed by atoms with van der Waals surface area (Å²) in [7, 11) is 2.16. The number of aliphatic carboxylic acids is 2. The Kier molecular flexibility index (Phi) is 6.74. The second kappa shape index (κ2) is 8.80. The molecule has 0 amide bonds. The number of carbonyl (C=O) groups is 2. The first-order valence-electron chi connectivity index (χ1n) is 7.48. The van der Waals surface area contributed by atoms with Gasteiger partial charge in [0.2, 0.25) is 0 Å². The van der Waals surface area contributed by atoms with E-state index in [4.69, 9.17) is 21.8 Å². The fraction of sp³-hybridized carbons (Fsp3) is 0.312. The van der Waals surface area contributed by atoms with E-state index in [1.54, 1.807) is 11.3 Å². The van der Waals surface area contributed by atoms with Crippen molar-refractivity contribution in [2.75, 3.05) is 38.1 Å². The predicted molar refractivity (Wildman–Crippen MR) is 98.8 cm³/mol. The van der Waals surface area contributed by atoms with Crippen molar-refractivity contribution in [3.8, 4) is 0 Å². The third-order valence-electron chi connectivity index (χ3n) is 3.48. The van der Waals surface area contributed by atoms with Crippen molar-refractivity contribution in [1.29, 1.82) is 0 Å². The van der Waals surface area contributed by atoms with Crippen LogP contribution in [-0.4, -0.2) is 65.3 Å². The van der Waals surface area contributed by atoms with Crippen molar-refractivity contribution in [3.63, 3.8) is 0 Å². The summed E-state index contributed by atoms with van der Waals surface area (Å²) >= 11 is 7.72. The largest absolute Gasteiger partial charge is 0.478 e. The maximum absolute atomic E-state index is 9.55. The number of hydrogen-bond acceptors (Lipinski definition) is 6. The first-order chi connectivity index (χ1) is 11.8. The molecule has 0 aliphatic carbocycles. The van der Waals surface area contributed by atoms with Crippen LogP contribution in [0.15, 0.2) is 30.4 Å². The number of likely N-dealkylation sites (N-methyl/N-ethyl adjacent to an activating group) is 1. The molecular formula is C16H18ClN3O4S. The number of anilines is 1. The van der Waals surface area contributed by atoms with Gasteiger partial charge in [0.25, 0.3) is 0 Å². The van der Waals surface area contributed by atoms with Crippen LogP contribution in [0.2, 0.25) is 5.02 Å². The Morgan fingerprint density at radius 2 is 1.76 bits per heavy atom. The second-order valence-corrected chi connectivity index (χ2v) is 6.85. The zero-order valence-corrected chi connectivity index (χ0v) is 15.1. The second-order valence-electron chi connectivity index (χ2n) is 5.41. The average Bonchev–Trinajstić information content (AvgIpc) is 2.97. The molecule has 2 N–H and O–H groups in total. The lowest BCUT2D eigenvalue weighted by atomic mass is 10.3. The van der Waals surface area contributed by atoms with Gasteiger partial charge < -0.3 is 20.0 Å². The molecule has 0 atom stereocenters. The highest BCUT2D eigenvalue weighted by atomic mass is 35.5. The van der Waals surface area contributed by atoms with E-state index in [1.165, 1.54) is 4.70 Å². The molecule has 2 aromatic rings. The molecule has 1 aliphatic heterocycles. The third kappa shape index (κ3) is 6.00. The first-order valence-corrected chi connectivity index (χ1v) is 8.68. The maximum atomic E-state index is 9.55. The number of halogens is 1. The van der Waals surface area contributed by atoms with Gasteiger partial charge in [0.05, 0.1) is 10.2 Å². The smallest absolute Gasteiger partial charge is 0.328 e. The minimum absolute atomic E-state index is 0.558. The summed E-state index contributed by atoms with van der Waals surface area (Å²) in [5, 5.41) is 17.5. The Morgan fingerprint density at radius 1 is 1.16 bits per heavy atom. The van der Waals surface area contributed by atoms with E-state index >= 15 is 0 Å². The highest BCUT2D eigenvalue weighted by molar-refractivity contribution is 7.22. The van der Waals surface area contributed by atoms with Gasteiger partial charge in [0.1, 0.15) is 0 Å². The summed E-state index contributed by atoms with van der Waals surface area (Å²) in [5.74, 6) is -2.51. The number of carboxylic acids is 2. The van der Waals surface area contributed by atoms with Crippen LogP contribution in [0.1, 0.15) is 0 Å². The SMILES string of the molecule is CN1CCN(c2nc3ccc(Cl)cc3s2)CC1.O=C(O)C=CC(=O)O. The minimum atomic E-state index is -1.26. The summed E-state index contributed by atoms with van der Waals surface area (Å²) in [4.78, 5) is 28.5. The summed E-state index contributed by atoms with van der Waals surface area (Å²) in [6, 6.07) is 5.89. The average molecular weight is 384 g/mol. The van der Waals surface area contributed by atoms with Gasteiger partial charge in [-0.2, -0.15) is 0 Å². The molecule has 134 valence electrons. The fourth-order valence-corrected chi connectivity index (χ4v) is 3.46. The van der Waals surface area contributed by atoms with Gasteiger partial charge in [0.15, 0.2) is 5.13 Å². The van der Waals surface area contributed by atoms with Crippen LogP contribution in [-0.2, 0) is 9.59 Å². The molecule has 7 nitrogen and oxygen atoms in total. The van der Waals surface area contributed by atoms with Crippen molar-refractivity contribution in [3.05, 3.63) is 35.4 Å². The van der Waals surface area contributed by atoms with Gasteiger partial charge >= 0.3 is 11.9 Å². The normalized spacial score (nSPS) is 15.2. The Labute approximate surface area is 153 Å². The number of carboxylic acid groups (broad SMARTS) is 2. The minimum Gasteiger partial charge on any atom is -0.478 e. The topological polar surface area (TPSA) is 94.0 Å². The molecule has 1 aliphatic rings. The molecule has 1 saturated heterocycles. The molecule has 0 unspecified atom stereocenters. The monoisotopic (exact) mass is 383 g/mol. The maximum Gasteiger partial charge on any atom is 0.328 e. The molecule has 3 rings (SSSR count). The van der Waals surface area contributed by atoms with E-state index in [-0.39, 0.29) is 0 Å². The number of fused-ring (bicyclic) bond motifs is 1. The van der Waals surface area contributed by atoms with E-state index in [0.717, 1.165) is 41.8 Å². The van der Waals surface area contributed by atoms with Crippen LogP contribution < -0.4 is 4.90 Å². The van der Waals surface area contributed by atoms with E-state index in [0.29, 0.717) is 12.2 Å². The fourth-order valence-electron chi connectivity index (χ4n) is 2.16. The van der Waals surface area contributed by atoms with Crippen LogP contribution in [0.4, 0.5) is 5.13 Å². The van der Waals surface area contributed by atoms with E-state index in [9.17, 15) is 9.59 Å². The zero-order chi connectivity index (χ0) is 18.4. The standard InChI is InChI=1S/C12H14ClN3S.C4H4O4/c1-15-4-6-16(7-5-15)12-14-10-3-2-9(13)8-11(10)17-12;5-3(6)1-2-4(7)8/h2-3,8H,4-7H2,1H3;1-2H,(H,5,6)(H,7,8). The third-order valence-corrected chi connectivity index (χ3v) is 4.80. The molecule has 25 heavy (non-hydrogen) atoms. The van der Waals surface area contributed by atoms with Gasteiger partial charge in [-0.25, -0.2) is 14.6 Å². The molecule has 9 heteroatoms. The van der Waals surface area contributed by atoms with Gasteiger partial charge in [-0.15, -0.1) is 0 Å². The van der Waals surface area contributed by atoms with Gasteiger partial charge in [-0.3, -0.25) is 0 Å². The Bertz CT molecular complexity index is 769. The highest BCUT2D eigenvalue weighted by Gasteiger charge is 2.17. The van der Waals surface area contributed by atoms with Crippen molar-refractivity contribution in [2.24, 2.45) is 0 Å². The van der Waals surface area contributed by atoms with Crippen molar-refractivity contribution in [2.45, 2.75) is 0 Å². The summed E-state index contributed by atoms with van der Waals surface area (Å²) in [6.45, 7) is 4.33. The van der Waals surface area contributed by atoms with Crippen molar-refractivity contribution < 1.29 is 19.8 Å².